The Kier molecular flexibility index (Phi) is 2.90. The summed E-state index contributed by atoms with van der Waals surface area (Å²) in [5, 5.41) is 11.8. The molecule has 3 heteroatoms. The van der Waals surface area contributed by atoms with Gasteiger partial charge in [0.2, 0.25) is 0 Å². The van der Waals surface area contributed by atoms with Gasteiger partial charge in [-0.3, -0.25) is 0 Å². The molecule has 1 N–H and O–H groups in total. The summed E-state index contributed by atoms with van der Waals surface area (Å²) >= 11 is 0. The number of oxime groups is 1. The molecule has 0 heterocycles. The number of ether oxygens (including phenoxy) is 1. The van der Waals surface area contributed by atoms with Crippen molar-refractivity contribution in [1.82, 2.24) is 0 Å². The SMILES string of the molecule is COc1c(C)cccc1/C(C)=N/O. The topological polar surface area (TPSA) is 41.8 Å². The number of hydrogen-bond donors (Lipinski definition) is 1. The van der Waals surface area contributed by atoms with Crippen molar-refractivity contribution in [2.45, 2.75) is 13.8 Å². The minimum atomic E-state index is 0.556. The van der Waals surface area contributed by atoms with Crippen LogP contribution in [0, 0.1) is 6.92 Å². The summed E-state index contributed by atoms with van der Waals surface area (Å²) in [6, 6.07) is 5.72. The molecule has 0 amide bonds. The lowest BCUT2D eigenvalue weighted by atomic mass is 10.1. The number of hydrogen-bond acceptors (Lipinski definition) is 3. The van der Waals surface area contributed by atoms with Crippen molar-refractivity contribution in [1.29, 1.82) is 0 Å². The Morgan fingerprint density at radius 3 is 2.69 bits per heavy atom. The fraction of sp³-hybridized carbons (Fsp3) is 0.300. The molecule has 0 unspecified atom stereocenters. The molecule has 3 nitrogen and oxygen atoms in total. The Hall–Kier alpha value is -1.51. The van der Waals surface area contributed by atoms with Crippen LogP contribution in [0.15, 0.2) is 23.4 Å². The third kappa shape index (κ3) is 1.80. The van der Waals surface area contributed by atoms with Crippen LogP contribution in [0.4, 0.5) is 0 Å². The quantitative estimate of drug-likeness (QED) is 0.429. The van der Waals surface area contributed by atoms with Crippen molar-refractivity contribution in [3.05, 3.63) is 29.3 Å². The molecule has 0 aliphatic rings. The van der Waals surface area contributed by atoms with E-state index in [1.165, 1.54) is 0 Å². The maximum atomic E-state index is 8.63. The lowest BCUT2D eigenvalue weighted by Gasteiger charge is -2.09. The zero-order chi connectivity index (χ0) is 9.84. The van der Waals surface area contributed by atoms with Crippen molar-refractivity contribution < 1.29 is 9.94 Å². The van der Waals surface area contributed by atoms with Crippen LogP contribution in [0.2, 0.25) is 0 Å². The Balaban J connectivity index is 3.28. The minimum absolute atomic E-state index is 0.556. The predicted octanol–water partition coefficient (Wildman–Crippen LogP) is 2.20. The number of para-hydroxylation sites is 1. The van der Waals surface area contributed by atoms with Crippen molar-refractivity contribution in [2.24, 2.45) is 5.16 Å². The first-order valence-electron chi connectivity index (χ1n) is 4.03. The molecule has 13 heavy (non-hydrogen) atoms. The third-order valence-corrected chi connectivity index (χ3v) is 1.96. The highest BCUT2D eigenvalue weighted by atomic mass is 16.5. The number of rotatable bonds is 2. The monoisotopic (exact) mass is 179 g/mol. The second kappa shape index (κ2) is 3.94. The van der Waals surface area contributed by atoms with Crippen LogP contribution in [0.3, 0.4) is 0 Å². The van der Waals surface area contributed by atoms with E-state index in [-0.39, 0.29) is 0 Å². The molecule has 1 aromatic carbocycles. The molecule has 0 bridgehead atoms. The molecule has 0 saturated heterocycles. The maximum Gasteiger partial charge on any atom is 0.130 e. The summed E-state index contributed by atoms with van der Waals surface area (Å²) in [4.78, 5) is 0. The first-order valence-corrected chi connectivity index (χ1v) is 4.03. The summed E-state index contributed by atoms with van der Waals surface area (Å²) in [6.07, 6.45) is 0. The molecule has 0 saturated carbocycles. The zero-order valence-corrected chi connectivity index (χ0v) is 8.03. The third-order valence-electron chi connectivity index (χ3n) is 1.96. The van der Waals surface area contributed by atoms with Gasteiger partial charge in [-0.05, 0) is 25.5 Å². The molecule has 0 aliphatic heterocycles. The zero-order valence-electron chi connectivity index (χ0n) is 8.03. The van der Waals surface area contributed by atoms with Crippen LogP contribution >= 0.6 is 0 Å². The van der Waals surface area contributed by atoms with Crippen molar-refractivity contribution in [3.63, 3.8) is 0 Å². The lowest BCUT2D eigenvalue weighted by molar-refractivity contribution is 0.318. The minimum Gasteiger partial charge on any atom is -0.496 e. The summed E-state index contributed by atoms with van der Waals surface area (Å²) in [6.45, 7) is 3.68. The van der Waals surface area contributed by atoms with E-state index in [4.69, 9.17) is 9.94 Å². The van der Waals surface area contributed by atoms with Gasteiger partial charge in [0.15, 0.2) is 0 Å². The molecular weight excluding hydrogens is 166 g/mol. The van der Waals surface area contributed by atoms with Gasteiger partial charge in [0.05, 0.1) is 12.8 Å². The van der Waals surface area contributed by atoms with Crippen molar-refractivity contribution in [2.75, 3.05) is 7.11 Å². The Morgan fingerprint density at radius 2 is 2.15 bits per heavy atom. The molecule has 70 valence electrons. The summed E-state index contributed by atoms with van der Waals surface area (Å²) in [7, 11) is 1.61. The van der Waals surface area contributed by atoms with E-state index in [9.17, 15) is 0 Å². The molecule has 0 atom stereocenters. The molecule has 1 aromatic rings. The fourth-order valence-corrected chi connectivity index (χ4v) is 1.26. The van der Waals surface area contributed by atoms with Gasteiger partial charge in [-0.2, -0.15) is 0 Å². The molecule has 0 fully saturated rings. The van der Waals surface area contributed by atoms with Gasteiger partial charge in [0, 0.05) is 5.56 Å². The van der Waals surface area contributed by atoms with Gasteiger partial charge in [0.25, 0.3) is 0 Å². The maximum absolute atomic E-state index is 8.63. The first kappa shape index (κ1) is 9.58. The summed E-state index contributed by atoms with van der Waals surface area (Å²) < 4.78 is 5.21. The number of methoxy groups -OCH3 is 1. The average molecular weight is 179 g/mol. The summed E-state index contributed by atoms with van der Waals surface area (Å²) in [5.74, 6) is 0.762. The number of benzene rings is 1. The largest absolute Gasteiger partial charge is 0.496 e. The van der Waals surface area contributed by atoms with Gasteiger partial charge in [-0.25, -0.2) is 0 Å². The van der Waals surface area contributed by atoms with E-state index in [0.29, 0.717) is 5.71 Å². The van der Waals surface area contributed by atoms with E-state index < -0.39 is 0 Å². The standard InChI is InChI=1S/C10H13NO2/c1-7-5-4-6-9(8(2)11-12)10(7)13-3/h4-6,12H,1-3H3/b11-8+. The number of nitrogens with zero attached hydrogens (tertiary/aromatic N) is 1. The van der Waals surface area contributed by atoms with Crippen LogP contribution in [0.1, 0.15) is 18.1 Å². The van der Waals surface area contributed by atoms with E-state index in [1.54, 1.807) is 14.0 Å². The Bertz CT molecular complexity index is 332. The lowest BCUT2D eigenvalue weighted by Crippen LogP contribution is -2.00. The second-order valence-corrected chi connectivity index (χ2v) is 2.84. The molecule has 0 aromatic heterocycles. The predicted molar refractivity (Wildman–Crippen MR) is 51.7 cm³/mol. The van der Waals surface area contributed by atoms with Gasteiger partial charge >= 0.3 is 0 Å². The molecular formula is C10H13NO2. The Morgan fingerprint density at radius 1 is 1.46 bits per heavy atom. The first-order chi connectivity index (χ1) is 6.20. The smallest absolute Gasteiger partial charge is 0.130 e. The summed E-state index contributed by atoms with van der Waals surface area (Å²) in [5.41, 5.74) is 2.41. The van der Waals surface area contributed by atoms with Crippen LogP contribution < -0.4 is 4.74 Å². The van der Waals surface area contributed by atoms with E-state index in [0.717, 1.165) is 16.9 Å². The van der Waals surface area contributed by atoms with E-state index >= 15 is 0 Å². The number of aryl methyl sites for hydroxylation is 1. The van der Waals surface area contributed by atoms with Crippen LogP contribution in [-0.2, 0) is 0 Å². The van der Waals surface area contributed by atoms with Crippen molar-refractivity contribution >= 4 is 5.71 Å². The van der Waals surface area contributed by atoms with Gasteiger partial charge in [0.1, 0.15) is 5.75 Å². The molecule has 0 aliphatic carbocycles. The Labute approximate surface area is 77.6 Å². The average Bonchev–Trinajstić information content (AvgIpc) is 2.16. The van der Waals surface area contributed by atoms with E-state index in [2.05, 4.69) is 5.16 Å². The normalized spacial score (nSPS) is 11.5. The highest BCUT2D eigenvalue weighted by molar-refractivity contribution is 6.01. The van der Waals surface area contributed by atoms with Crippen LogP contribution in [0.5, 0.6) is 5.75 Å². The fourth-order valence-electron chi connectivity index (χ4n) is 1.26. The molecule has 0 spiro atoms. The van der Waals surface area contributed by atoms with E-state index in [1.807, 2.05) is 25.1 Å². The van der Waals surface area contributed by atoms with Gasteiger partial charge < -0.3 is 9.94 Å². The highest BCUT2D eigenvalue weighted by Gasteiger charge is 2.07. The van der Waals surface area contributed by atoms with Crippen LogP contribution in [-0.4, -0.2) is 18.0 Å². The van der Waals surface area contributed by atoms with Gasteiger partial charge in [-0.15, -0.1) is 0 Å². The molecule has 1 rings (SSSR count). The highest BCUT2D eigenvalue weighted by Crippen LogP contribution is 2.23. The second-order valence-electron chi connectivity index (χ2n) is 2.84. The van der Waals surface area contributed by atoms with Crippen molar-refractivity contribution in [3.8, 4) is 5.75 Å². The van der Waals surface area contributed by atoms with Gasteiger partial charge in [-0.1, -0.05) is 17.3 Å². The molecule has 0 radical (unpaired) electrons. The van der Waals surface area contributed by atoms with Crippen LogP contribution in [0.25, 0.3) is 0 Å².